The molecule has 1 atom stereocenters. The summed E-state index contributed by atoms with van der Waals surface area (Å²) in [6.45, 7) is 2.68. The fraction of sp³-hybridized carbons (Fsp3) is 0.500. The quantitative estimate of drug-likeness (QED) is 0.745. The Kier molecular flexibility index (Phi) is 6.55. The summed E-state index contributed by atoms with van der Waals surface area (Å²) in [7, 11) is 1.67. The monoisotopic (exact) mass is 377 g/mol. The Morgan fingerprint density at radius 1 is 1.37 bits per heavy atom. The summed E-state index contributed by atoms with van der Waals surface area (Å²) in [6.07, 6.45) is 6.11. The highest BCUT2D eigenvalue weighted by Crippen LogP contribution is 2.26. The van der Waals surface area contributed by atoms with E-state index >= 15 is 0 Å². The van der Waals surface area contributed by atoms with Gasteiger partial charge in [0.05, 0.1) is 6.61 Å². The predicted octanol–water partition coefficient (Wildman–Crippen LogP) is 3.15. The maximum absolute atomic E-state index is 13.8. The molecular formula is C20H25F2N3O2. The Labute approximate surface area is 158 Å². The molecule has 2 aromatic rings. The van der Waals surface area contributed by atoms with Crippen molar-refractivity contribution < 1.29 is 18.3 Å². The second kappa shape index (κ2) is 9.08. The number of halogens is 2. The molecule has 1 unspecified atom stereocenters. The van der Waals surface area contributed by atoms with E-state index in [-0.39, 0.29) is 24.7 Å². The summed E-state index contributed by atoms with van der Waals surface area (Å²) < 4.78 is 34.0. The van der Waals surface area contributed by atoms with Crippen LogP contribution in [0.3, 0.4) is 0 Å². The van der Waals surface area contributed by atoms with Crippen LogP contribution in [0, 0.1) is 11.6 Å². The summed E-state index contributed by atoms with van der Waals surface area (Å²) in [5.41, 5.74) is 0.369. The number of rotatable bonds is 7. The van der Waals surface area contributed by atoms with Gasteiger partial charge < -0.3 is 14.2 Å². The Bertz CT molecular complexity index is 778. The van der Waals surface area contributed by atoms with E-state index in [2.05, 4.69) is 9.55 Å². The molecule has 1 aromatic carbocycles. The van der Waals surface area contributed by atoms with E-state index in [4.69, 9.17) is 4.74 Å². The molecule has 146 valence electrons. The predicted molar refractivity (Wildman–Crippen MR) is 97.3 cm³/mol. The number of aromatic nitrogens is 2. The van der Waals surface area contributed by atoms with E-state index in [1.54, 1.807) is 13.3 Å². The van der Waals surface area contributed by atoms with Crippen molar-refractivity contribution in [2.45, 2.75) is 38.1 Å². The number of amides is 1. The van der Waals surface area contributed by atoms with Crippen LogP contribution < -0.4 is 0 Å². The van der Waals surface area contributed by atoms with Gasteiger partial charge in [0, 0.05) is 57.5 Å². The first-order valence-corrected chi connectivity index (χ1v) is 9.30. The standard InChI is InChI=1S/C20H25F2N3O2/c1-27-12-11-24-10-8-23-20(24)16-3-2-9-25(14-16)19(26)7-5-15-4-6-17(21)13-18(15)22/h4,6,8,10,13,16H,2-3,5,7,9,11-12,14H2,1H3. The summed E-state index contributed by atoms with van der Waals surface area (Å²) in [5.74, 6) is -0.0328. The number of likely N-dealkylation sites (tertiary alicyclic amines) is 1. The normalized spacial score (nSPS) is 17.3. The van der Waals surface area contributed by atoms with Crippen molar-refractivity contribution in [3.05, 3.63) is 53.6 Å². The lowest BCUT2D eigenvalue weighted by Gasteiger charge is -2.33. The minimum atomic E-state index is -0.606. The number of imidazole rings is 1. The minimum absolute atomic E-state index is 0.00146. The molecule has 0 N–H and O–H groups in total. The molecule has 1 fully saturated rings. The van der Waals surface area contributed by atoms with Gasteiger partial charge in [0.2, 0.25) is 5.91 Å². The van der Waals surface area contributed by atoms with Crippen LogP contribution in [-0.2, 0) is 22.5 Å². The summed E-state index contributed by atoms with van der Waals surface area (Å²) >= 11 is 0. The number of ether oxygens (including phenoxy) is 1. The fourth-order valence-electron chi connectivity index (χ4n) is 3.60. The molecule has 0 radical (unpaired) electrons. The third-order valence-corrected chi connectivity index (χ3v) is 5.05. The van der Waals surface area contributed by atoms with E-state index in [1.807, 2.05) is 11.1 Å². The summed E-state index contributed by atoms with van der Waals surface area (Å²) in [6, 6.07) is 3.49. The average molecular weight is 377 g/mol. The maximum Gasteiger partial charge on any atom is 0.222 e. The zero-order valence-corrected chi connectivity index (χ0v) is 15.5. The van der Waals surface area contributed by atoms with E-state index in [0.717, 1.165) is 31.3 Å². The van der Waals surface area contributed by atoms with Gasteiger partial charge in [-0.3, -0.25) is 4.79 Å². The van der Waals surface area contributed by atoms with Gasteiger partial charge in [0.15, 0.2) is 0 Å². The van der Waals surface area contributed by atoms with Crippen LogP contribution >= 0.6 is 0 Å². The molecule has 1 aliphatic rings. The van der Waals surface area contributed by atoms with Crippen LogP contribution in [0.5, 0.6) is 0 Å². The number of piperidine rings is 1. The molecule has 1 amide bonds. The summed E-state index contributed by atoms with van der Waals surface area (Å²) in [4.78, 5) is 18.9. The third-order valence-electron chi connectivity index (χ3n) is 5.05. The zero-order chi connectivity index (χ0) is 19.2. The van der Waals surface area contributed by atoms with Crippen molar-refractivity contribution in [2.24, 2.45) is 0 Å². The van der Waals surface area contributed by atoms with Crippen molar-refractivity contribution in [3.8, 4) is 0 Å². The molecule has 2 heterocycles. The average Bonchev–Trinajstić information content (AvgIpc) is 3.14. The maximum atomic E-state index is 13.8. The van der Waals surface area contributed by atoms with Crippen LogP contribution in [-0.4, -0.2) is 47.2 Å². The van der Waals surface area contributed by atoms with Crippen molar-refractivity contribution in [1.82, 2.24) is 14.5 Å². The highest BCUT2D eigenvalue weighted by molar-refractivity contribution is 5.76. The van der Waals surface area contributed by atoms with Gasteiger partial charge in [0.1, 0.15) is 17.5 Å². The van der Waals surface area contributed by atoms with Gasteiger partial charge in [-0.25, -0.2) is 13.8 Å². The van der Waals surface area contributed by atoms with Crippen molar-refractivity contribution in [2.75, 3.05) is 26.8 Å². The number of hydrogen-bond acceptors (Lipinski definition) is 3. The molecule has 1 aliphatic heterocycles. The van der Waals surface area contributed by atoms with Crippen molar-refractivity contribution in [3.63, 3.8) is 0 Å². The molecule has 1 saturated heterocycles. The van der Waals surface area contributed by atoms with Gasteiger partial charge >= 0.3 is 0 Å². The summed E-state index contributed by atoms with van der Waals surface area (Å²) in [5, 5.41) is 0. The lowest BCUT2D eigenvalue weighted by molar-refractivity contribution is -0.132. The topological polar surface area (TPSA) is 47.4 Å². The molecule has 0 spiro atoms. The molecule has 0 bridgehead atoms. The van der Waals surface area contributed by atoms with Crippen LogP contribution in [0.2, 0.25) is 0 Å². The molecule has 0 saturated carbocycles. The molecule has 5 nitrogen and oxygen atoms in total. The first-order chi connectivity index (χ1) is 13.1. The minimum Gasteiger partial charge on any atom is -0.383 e. The fourth-order valence-corrected chi connectivity index (χ4v) is 3.60. The largest absolute Gasteiger partial charge is 0.383 e. The Morgan fingerprint density at radius 2 is 2.22 bits per heavy atom. The Hall–Kier alpha value is -2.28. The van der Waals surface area contributed by atoms with Crippen LogP contribution in [0.4, 0.5) is 8.78 Å². The molecular weight excluding hydrogens is 352 g/mol. The lowest BCUT2D eigenvalue weighted by atomic mass is 9.96. The molecule has 7 heteroatoms. The molecule has 27 heavy (non-hydrogen) atoms. The first-order valence-electron chi connectivity index (χ1n) is 9.30. The van der Waals surface area contributed by atoms with Gasteiger partial charge in [-0.2, -0.15) is 0 Å². The smallest absolute Gasteiger partial charge is 0.222 e. The first kappa shape index (κ1) is 19.5. The van der Waals surface area contributed by atoms with Crippen LogP contribution in [0.15, 0.2) is 30.6 Å². The van der Waals surface area contributed by atoms with Crippen molar-refractivity contribution in [1.29, 1.82) is 0 Å². The third kappa shape index (κ3) is 4.91. The van der Waals surface area contributed by atoms with Crippen LogP contribution in [0.25, 0.3) is 0 Å². The van der Waals surface area contributed by atoms with Gasteiger partial charge in [-0.1, -0.05) is 6.07 Å². The highest BCUT2D eigenvalue weighted by atomic mass is 19.1. The molecule has 0 aliphatic carbocycles. The number of carbonyl (C=O) groups excluding carboxylic acids is 1. The van der Waals surface area contributed by atoms with Gasteiger partial charge in [-0.15, -0.1) is 0 Å². The number of hydrogen-bond donors (Lipinski definition) is 0. The molecule has 1 aromatic heterocycles. The second-order valence-electron chi connectivity index (χ2n) is 6.89. The second-order valence-corrected chi connectivity index (χ2v) is 6.89. The van der Waals surface area contributed by atoms with E-state index in [0.29, 0.717) is 25.3 Å². The van der Waals surface area contributed by atoms with E-state index in [9.17, 15) is 13.6 Å². The van der Waals surface area contributed by atoms with E-state index in [1.165, 1.54) is 12.1 Å². The van der Waals surface area contributed by atoms with Gasteiger partial charge in [-0.05, 0) is 30.9 Å². The number of benzene rings is 1. The number of nitrogens with zero attached hydrogens (tertiary/aromatic N) is 3. The molecule has 3 rings (SSSR count). The number of carbonyl (C=O) groups is 1. The highest BCUT2D eigenvalue weighted by Gasteiger charge is 2.27. The zero-order valence-electron chi connectivity index (χ0n) is 15.5. The van der Waals surface area contributed by atoms with Crippen LogP contribution in [0.1, 0.15) is 36.6 Å². The Morgan fingerprint density at radius 3 is 3.00 bits per heavy atom. The number of aryl methyl sites for hydroxylation is 1. The SMILES string of the molecule is COCCn1ccnc1C1CCCN(C(=O)CCc2ccc(F)cc2F)C1. The Balaban J connectivity index is 1.59. The van der Waals surface area contributed by atoms with E-state index < -0.39 is 11.6 Å². The van der Waals surface area contributed by atoms with Gasteiger partial charge in [0.25, 0.3) is 0 Å². The number of methoxy groups -OCH3 is 1. The van der Waals surface area contributed by atoms with Crippen molar-refractivity contribution >= 4 is 5.91 Å². The lowest BCUT2D eigenvalue weighted by Crippen LogP contribution is -2.40.